The van der Waals surface area contributed by atoms with Crippen LogP contribution in [0.3, 0.4) is 0 Å². The first kappa shape index (κ1) is 26.7. The molecule has 10 nitrogen and oxygen atoms in total. The lowest BCUT2D eigenvalue weighted by atomic mass is 9.82. The Labute approximate surface area is 218 Å². The minimum Gasteiger partial charge on any atom is -0.383 e. The largest absolute Gasteiger partial charge is 0.383 e. The van der Waals surface area contributed by atoms with E-state index in [1.807, 2.05) is 0 Å². The fraction of sp³-hybridized carbons (Fsp3) is 0.720. The topological polar surface area (TPSA) is 129 Å². The molecule has 3 heterocycles. The Morgan fingerprint density at radius 1 is 1.25 bits per heavy atom. The SMILES string of the molecule is COCC(C)NC1CCC(NC2=NCC(Cl)C(c3nccc(NCC4(C#N)CCOCC4)n3)=N2)CC1. The van der Waals surface area contributed by atoms with Crippen LogP contribution in [0.5, 0.6) is 0 Å². The second-order valence-electron chi connectivity index (χ2n) is 9.97. The minimum absolute atomic E-state index is 0.326. The molecule has 1 saturated heterocycles. The zero-order chi connectivity index (χ0) is 25.4. The predicted octanol–water partition coefficient (Wildman–Crippen LogP) is 2.50. The molecule has 1 saturated carbocycles. The first-order valence-corrected chi connectivity index (χ1v) is 13.3. The summed E-state index contributed by atoms with van der Waals surface area (Å²) in [7, 11) is 1.74. The molecule has 2 aliphatic heterocycles. The second kappa shape index (κ2) is 12.8. The number of aromatic nitrogens is 2. The number of nitriles is 1. The molecule has 1 aliphatic carbocycles. The number of hydrogen-bond donors (Lipinski definition) is 3. The number of nitrogens with one attached hydrogen (secondary N) is 3. The molecule has 196 valence electrons. The van der Waals surface area contributed by atoms with Crippen LogP contribution in [0.2, 0.25) is 0 Å². The van der Waals surface area contributed by atoms with Crippen LogP contribution in [-0.4, -0.2) is 85.2 Å². The maximum atomic E-state index is 9.71. The molecular formula is C25H37ClN8O2. The summed E-state index contributed by atoms with van der Waals surface area (Å²) < 4.78 is 10.7. The lowest BCUT2D eigenvalue weighted by Gasteiger charge is -2.32. The average Bonchev–Trinajstić information content (AvgIpc) is 2.90. The molecule has 4 rings (SSSR count). The highest BCUT2D eigenvalue weighted by Gasteiger charge is 2.33. The molecule has 0 aromatic carbocycles. The number of aliphatic imine (C=N–C) groups is 2. The van der Waals surface area contributed by atoms with Gasteiger partial charge in [0.15, 0.2) is 5.82 Å². The van der Waals surface area contributed by atoms with E-state index < -0.39 is 10.8 Å². The van der Waals surface area contributed by atoms with Crippen LogP contribution < -0.4 is 16.0 Å². The van der Waals surface area contributed by atoms with Crippen LogP contribution in [0.15, 0.2) is 22.2 Å². The van der Waals surface area contributed by atoms with Gasteiger partial charge in [-0.15, -0.1) is 11.6 Å². The van der Waals surface area contributed by atoms with Gasteiger partial charge in [-0.05, 0) is 51.5 Å². The van der Waals surface area contributed by atoms with Crippen molar-refractivity contribution in [1.29, 1.82) is 5.26 Å². The van der Waals surface area contributed by atoms with Gasteiger partial charge in [0, 0.05) is 51.2 Å². The molecule has 2 unspecified atom stereocenters. The summed E-state index contributed by atoms with van der Waals surface area (Å²) in [5.74, 6) is 1.73. The van der Waals surface area contributed by atoms with E-state index in [-0.39, 0.29) is 0 Å². The first-order chi connectivity index (χ1) is 17.5. The quantitative estimate of drug-likeness (QED) is 0.427. The second-order valence-corrected chi connectivity index (χ2v) is 10.5. The van der Waals surface area contributed by atoms with Crippen molar-refractivity contribution in [3.05, 3.63) is 18.1 Å². The van der Waals surface area contributed by atoms with Gasteiger partial charge in [0.25, 0.3) is 0 Å². The number of halogens is 1. The summed E-state index contributed by atoms with van der Waals surface area (Å²) in [6.45, 7) is 5.02. The van der Waals surface area contributed by atoms with E-state index in [4.69, 9.17) is 26.1 Å². The van der Waals surface area contributed by atoms with E-state index in [1.165, 1.54) is 0 Å². The lowest BCUT2D eigenvalue weighted by molar-refractivity contribution is 0.0455. The van der Waals surface area contributed by atoms with E-state index in [0.29, 0.717) is 80.6 Å². The van der Waals surface area contributed by atoms with Crippen molar-refractivity contribution in [2.24, 2.45) is 15.4 Å². The van der Waals surface area contributed by atoms with Crippen molar-refractivity contribution in [1.82, 2.24) is 20.6 Å². The molecule has 0 radical (unpaired) electrons. The van der Waals surface area contributed by atoms with Crippen molar-refractivity contribution in [3.8, 4) is 6.07 Å². The van der Waals surface area contributed by atoms with Gasteiger partial charge in [0.1, 0.15) is 11.5 Å². The number of ether oxygens (including phenoxy) is 2. The molecule has 1 aromatic rings. The molecule has 36 heavy (non-hydrogen) atoms. The monoisotopic (exact) mass is 516 g/mol. The third kappa shape index (κ3) is 7.13. The average molecular weight is 517 g/mol. The van der Waals surface area contributed by atoms with Gasteiger partial charge in [0.2, 0.25) is 5.96 Å². The highest BCUT2D eigenvalue weighted by Crippen LogP contribution is 2.30. The van der Waals surface area contributed by atoms with E-state index >= 15 is 0 Å². The van der Waals surface area contributed by atoms with Crippen LogP contribution in [0, 0.1) is 16.7 Å². The van der Waals surface area contributed by atoms with E-state index in [1.54, 1.807) is 19.4 Å². The minimum atomic E-state index is -0.444. The van der Waals surface area contributed by atoms with Crippen molar-refractivity contribution in [2.75, 3.05) is 45.3 Å². The molecule has 0 amide bonds. The molecule has 0 bridgehead atoms. The number of alkyl halides is 1. The maximum Gasteiger partial charge on any atom is 0.218 e. The number of nitrogens with zero attached hydrogens (tertiary/aromatic N) is 5. The van der Waals surface area contributed by atoms with Crippen molar-refractivity contribution >= 4 is 29.1 Å². The van der Waals surface area contributed by atoms with Gasteiger partial charge >= 0.3 is 0 Å². The summed E-state index contributed by atoms with van der Waals surface area (Å²) >= 11 is 6.57. The van der Waals surface area contributed by atoms with Crippen molar-refractivity contribution in [3.63, 3.8) is 0 Å². The molecule has 0 spiro atoms. The summed E-state index contributed by atoms with van der Waals surface area (Å²) in [6, 6.07) is 5.46. The summed E-state index contributed by atoms with van der Waals surface area (Å²) in [5.41, 5.74) is 0.170. The van der Waals surface area contributed by atoms with Crippen LogP contribution >= 0.6 is 11.6 Å². The van der Waals surface area contributed by atoms with E-state index in [2.05, 4.69) is 43.9 Å². The number of hydrogen-bond acceptors (Lipinski definition) is 10. The highest BCUT2D eigenvalue weighted by molar-refractivity contribution is 6.36. The molecule has 2 fully saturated rings. The molecule has 1 aromatic heterocycles. The Kier molecular flexibility index (Phi) is 9.48. The molecule has 11 heteroatoms. The summed E-state index contributed by atoms with van der Waals surface area (Å²) in [5, 5.41) is 19.8. The Balaban J connectivity index is 1.34. The zero-order valence-electron chi connectivity index (χ0n) is 21.2. The highest BCUT2D eigenvalue weighted by atomic mass is 35.5. The van der Waals surface area contributed by atoms with Gasteiger partial charge in [-0.25, -0.2) is 20.0 Å². The van der Waals surface area contributed by atoms with Gasteiger partial charge in [-0.3, -0.25) is 0 Å². The fourth-order valence-electron chi connectivity index (χ4n) is 4.96. The Hall–Kier alpha value is -2.32. The smallest absolute Gasteiger partial charge is 0.218 e. The zero-order valence-corrected chi connectivity index (χ0v) is 21.9. The van der Waals surface area contributed by atoms with Gasteiger partial charge < -0.3 is 25.4 Å². The molecule has 3 N–H and O–H groups in total. The van der Waals surface area contributed by atoms with Crippen molar-refractivity contribution < 1.29 is 9.47 Å². The van der Waals surface area contributed by atoms with Gasteiger partial charge in [-0.1, -0.05) is 0 Å². The molecular weight excluding hydrogens is 480 g/mol. The lowest BCUT2D eigenvalue weighted by Crippen LogP contribution is -2.46. The van der Waals surface area contributed by atoms with Gasteiger partial charge in [0.05, 0.1) is 30.0 Å². The van der Waals surface area contributed by atoms with E-state index in [9.17, 15) is 5.26 Å². The maximum absolute atomic E-state index is 9.71. The number of methoxy groups -OCH3 is 1. The summed E-state index contributed by atoms with van der Waals surface area (Å²) in [6.07, 6.45) is 7.40. The third-order valence-electron chi connectivity index (χ3n) is 7.10. The van der Waals surface area contributed by atoms with E-state index in [0.717, 1.165) is 32.3 Å². The standard InChI is InChI=1S/C25H37ClN8O2/c1-17(14-35-2)31-18-3-5-19(6-4-18)32-24-29-13-20(26)22(34-24)23-28-10-7-21(33-23)30-16-25(15-27)8-11-36-12-9-25/h7,10,17-20,31H,3-6,8-9,11-14,16H2,1-2H3,(H,29,32)(H,28,30,33). The number of anilines is 1. The Morgan fingerprint density at radius 2 is 2.00 bits per heavy atom. The normalized spacial score (nSPS) is 26.8. The Bertz CT molecular complexity index is 967. The van der Waals surface area contributed by atoms with Gasteiger partial charge in [-0.2, -0.15) is 5.26 Å². The fourth-order valence-corrected chi connectivity index (χ4v) is 5.17. The van der Waals surface area contributed by atoms with Crippen LogP contribution in [0.1, 0.15) is 51.3 Å². The number of rotatable bonds is 9. The predicted molar refractivity (Wildman–Crippen MR) is 141 cm³/mol. The summed E-state index contributed by atoms with van der Waals surface area (Å²) in [4.78, 5) is 18.3. The molecule has 2 atom stereocenters. The Morgan fingerprint density at radius 3 is 2.72 bits per heavy atom. The van der Waals surface area contributed by atoms with Crippen LogP contribution in [-0.2, 0) is 9.47 Å². The van der Waals surface area contributed by atoms with Crippen LogP contribution in [0.4, 0.5) is 5.82 Å². The van der Waals surface area contributed by atoms with Crippen molar-refractivity contribution in [2.45, 2.75) is 69.0 Å². The molecule has 3 aliphatic rings. The van der Waals surface area contributed by atoms with Crippen LogP contribution in [0.25, 0.3) is 0 Å². The third-order valence-corrected chi connectivity index (χ3v) is 7.45. The first-order valence-electron chi connectivity index (χ1n) is 12.8. The number of guanidine groups is 1.